The average Bonchev–Trinajstić information content (AvgIpc) is 3.43. The molecule has 0 fully saturated rings. The molecule has 0 radical (unpaired) electrons. The van der Waals surface area contributed by atoms with Crippen molar-refractivity contribution in [2.75, 3.05) is 33.3 Å². The minimum absolute atomic E-state index is 0.0212. The number of benzene rings is 2. The number of carbonyl (C=O) groups excluding carboxylic acids is 2. The van der Waals surface area contributed by atoms with Gasteiger partial charge in [0.15, 0.2) is 0 Å². The predicted octanol–water partition coefficient (Wildman–Crippen LogP) is 3.35. The molecule has 8 nitrogen and oxygen atoms in total. The van der Waals surface area contributed by atoms with E-state index in [1.807, 2.05) is 43.5 Å². The van der Waals surface area contributed by atoms with Crippen LogP contribution < -0.4 is 20.7 Å². The molecular formula is C28H35N5O3. The number of para-hydroxylation sites is 1. The molecule has 0 spiro atoms. The van der Waals surface area contributed by atoms with Gasteiger partial charge in [-0.2, -0.15) is 0 Å². The monoisotopic (exact) mass is 489 g/mol. The summed E-state index contributed by atoms with van der Waals surface area (Å²) in [7, 11) is 1.64. The first kappa shape index (κ1) is 25.3. The number of fused-ring (bicyclic) bond motifs is 2. The number of nitrogens with one attached hydrogen (secondary N) is 5. The van der Waals surface area contributed by atoms with Gasteiger partial charge in [-0.15, -0.1) is 0 Å². The van der Waals surface area contributed by atoms with Crippen LogP contribution in [0.3, 0.4) is 0 Å². The molecule has 2 amide bonds. The molecule has 0 saturated carbocycles. The number of methoxy groups -OCH3 is 1. The number of ether oxygens (including phenoxy) is 1. The summed E-state index contributed by atoms with van der Waals surface area (Å²) >= 11 is 0. The van der Waals surface area contributed by atoms with Gasteiger partial charge in [-0.25, -0.2) is 0 Å². The van der Waals surface area contributed by atoms with E-state index in [0.717, 1.165) is 46.3 Å². The molecule has 4 aromatic rings. The van der Waals surface area contributed by atoms with Crippen molar-refractivity contribution in [3.63, 3.8) is 0 Å². The van der Waals surface area contributed by atoms with Gasteiger partial charge in [-0.3, -0.25) is 9.59 Å². The Labute approximate surface area is 211 Å². The van der Waals surface area contributed by atoms with Crippen LogP contribution in [0.4, 0.5) is 0 Å². The number of hydrogen-bond donors (Lipinski definition) is 5. The molecule has 36 heavy (non-hydrogen) atoms. The summed E-state index contributed by atoms with van der Waals surface area (Å²) in [6, 6.07) is 14.0. The molecule has 2 aromatic heterocycles. The van der Waals surface area contributed by atoms with Crippen LogP contribution in [0.5, 0.6) is 5.75 Å². The third kappa shape index (κ3) is 6.46. The molecule has 0 aliphatic heterocycles. The van der Waals surface area contributed by atoms with Crippen molar-refractivity contribution in [1.82, 2.24) is 25.9 Å². The smallest absolute Gasteiger partial charge is 0.224 e. The van der Waals surface area contributed by atoms with E-state index in [4.69, 9.17) is 4.74 Å². The summed E-state index contributed by atoms with van der Waals surface area (Å²) < 4.78 is 5.32. The third-order valence-corrected chi connectivity index (χ3v) is 6.44. The standard InChI is InChI=1S/C28H35N5O3/c1-19-23(24-16-21(36-2)10-11-26(24)33-19)17-28(35)31-15-13-29-12-14-30-27(34)9-5-6-20-18-32-25-8-4-3-7-22(20)25/h3-4,7-8,10-11,16,18,29,32-33H,5-6,9,12-15,17H2,1-2H3,(H,30,34)(H,31,35). The molecule has 2 heterocycles. The van der Waals surface area contributed by atoms with Gasteiger partial charge in [0.25, 0.3) is 0 Å². The van der Waals surface area contributed by atoms with Gasteiger partial charge in [-0.05, 0) is 55.2 Å². The van der Waals surface area contributed by atoms with Gasteiger partial charge in [0, 0.05) is 66.3 Å². The molecule has 8 heteroatoms. The number of aryl methyl sites for hydroxylation is 2. The first-order valence-electron chi connectivity index (χ1n) is 12.5. The van der Waals surface area contributed by atoms with Crippen LogP contribution in [0.15, 0.2) is 48.7 Å². The molecule has 4 rings (SSSR count). The number of carbonyl (C=O) groups is 2. The molecule has 0 saturated heterocycles. The fourth-order valence-corrected chi connectivity index (χ4v) is 4.51. The molecule has 0 aliphatic carbocycles. The zero-order valence-electron chi connectivity index (χ0n) is 21.0. The Kier molecular flexibility index (Phi) is 8.62. The van der Waals surface area contributed by atoms with E-state index >= 15 is 0 Å². The van der Waals surface area contributed by atoms with E-state index in [-0.39, 0.29) is 11.8 Å². The highest BCUT2D eigenvalue weighted by Crippen LogP contribution is 2.26. The molecule has 0 atom stereocenters. The number of rotatable bonds is 13. The summed E-state index contributed by atoms with van der Waals surface area (Å²) in [5, 5.41) is 11.4. The maximum absolute atomic E-state index is 12.5. The topological polar surface area (TPSA) is 111 Å². The van der Waals surface area contributed by atoms with Crippen LogP contribution in [0.25, 0.3) is 21.8 Å². The number of amides is 2. The van der Waals surface area contributed by atoms with Crippen molar-refractivity contribution in [1.29, 1.82) is 0 Å². The Morgan fingerprint density at radius 3 is 2.50 bits per heavy atom. The molecule has 2 aromatic carbocycles. The minimum Gasteiger partial charge on any atom is -0.497 e. The lowest BCUT2D eigenvalue weighted by molar-refractivity contribution is -0.121. The second kappa shape index (κ2) is 12.3. The zero-order chi connectivity index (χ0) is 25.3. The lowest BCUT2D eigenvalue weighted by atomic mass is 10.1. The highest BCUT2D eigenvalue weighted by Gasteiger charge is 2.13. The Hall–Kier alpha value is -3.78. The van der Waals surface area contributed by atoms with Crippen molar-refractivity contribution in [3.05, 3.63) is 65.5 Å². The van der Waals surface area contributed by atoms with Gasteiger partial charge >= 0.3 is 0 Å². The van der Waals surface area contributed by atoms with Crippen LogP contribution in [0, 0.1) is 6.92 Å². The maximum Gasteiger partial charge on any atom is 0.224 e. The SMILES string of the molecule is COc1ccc2[nH]c(C)c(CC(=O)NCCNCCNC(=O)CCCc3c[nH]c4ccccc34)c2c1. The first-order chi connectivity index (χ1) is 17.5. The molecule has 190 valence electrons. The number of hydrogen-bond acceptors (Lipinski definition) is 4. The number of aromatic nitrogens is 2. The van der Waals surface area contributed by atoms with Crippen molar-refractivity contribution >= 4 is 33.6 Å². The van der Waals surface area contributed by atoms with E-state index in [1.54, 1.807) is 7.11 Å². The van der Waals surface area contributed by atoms with Crippen LogP contribution in [0.1, 0.15) is 29.7 Å². The Morgan fingerprint density at radius 1 is 0.917 bits per heavy atom. The average molecular weight is 490 g/mol. The van der Waals surface area contributed by atoms with E-state index in [0.29, 0.717) is 39.0 Å². The second-order valence-corrected chi connectivity index (χ2v) is 8.98. The zero-order valence-corrected chi connectivity index (χ0v) is 21.0. The Morgan fingerprint density at radius 2 is 1.69 bits per heavy atom. The quantitative estimate of drug-likeness (QED) is 0.186. The highest BCUT2D eigenvalue weighted by molar-refractivity contribution is 5.91. The van der Waals surface area contributed by atoms with Crippen molar-refractivity contribution in [2.24, 2.45) is 0 Å². The third-order valence-electron chi connectivity index (χ3n) is 6.44. The van der Waals surface area contributed by atoms with Gasteiger partial charge in [0.2, 0.25) is 11.8 Å². The van der Waals surface area contributed by atoms with Crippen LogP contribution in [-0.2, 0) is 22.4 Å². The summed E-state index contributed by atoms with van der Waals surface area (Å²) in [6.07, 6.45) is 4.54. The molecule has 5 N–H and O–H groups in total. The molecule has 0 unspecified atom stereocenters. The number of H-pyrrole nitrogens is 2. The fourth-order valence-electron chi connectivity index (χ4n) is 4.51. The van der Waals surface area contributed by atoms with Gasteiger partial charge in [0.1, 0.15) is 5.75 Å². The molecule has 0 aliphatic rings. The molecule has 0 bridgehead atoms. The summed E-state index contributed by atoms with van der Waals surface area (Å²) in [4.78, 5) is 31.2. The largest absolute Gasteiger partial charge is 0.497 e. The van der Waals surface area contributed by atoms with E-state index in [9.17, 15) is 9.59 Å². The Balaban J connectivity index is 1.07. The minimum atomic E-state index is -0.0212. The first-order valence-corrected chi connectivity index (χ1v) is 12.5. The van der Waals surface area contributed by atoms with Crippen molar-refractivity contribution in [3.8, 4) is 5.75 Å². The van der Waals surface area contributed by atoms with Crippen LogP contribution >= 0.6 is 0 Å². The predicted molar refractivity (Wildman–Crippen MR) is 143 cm³/mol. The molecular weight excluding hydrogens is 454 g/mol. The van der Waals surface area contributed by atoms with Crippen LogP contribution in [0.2, 0.25) is 0 Å². The number of aromatic amines is 2. The van der Waals surface area contributed by atoms with E-state index < -0.39 is 0 Å². The van der Waals surface area contributed by atoms with Crippen molar-refractivity contribution < 1.29 is 14.3 Å². The second-order valence-electron chi connectivity index (χ2n) is 8.98. The summed E-state index contributed by atoms with van der Waals surface area (Å²) in [5.74, 6) is 0.816. The van der Waals surface area contributed by atoms with Gasteiger partial charge in [-0.1, -0.05) is 18.2 Å². The lowest BCUT2D eigenvalue weighted by Crippen LogP contribution is -2.36. The van der Waals surface area contributed by atoms with Gasteiger partial charge in [0.05, 0.1) is 13.5 Å². The van der Waals surface area contributed by atoms with Crippen molar-refractivity contribution in [2.45, 2.75) is 32.6 Å². The summed E-state index contributed by atoms with van der Waals surface area (Å²) in [5.41, 5.74) is 5.36. The lowest BCUT2D eigenvalue weighted by Gasteiger charge is -2.09. The van der Waals surface area contributed by atoms with Gasteiger partial charge < -0.3 is 30.7 Å². The Bertz CT molecular complexity index is 1320. The maximum atomic E-state index is 12.5. The summed E-state index contributed by atoms with van der Waals surface area (Å²) in [6.45, 7) is 4.37. The van der Waals surface area contributed by atoms with E-state index in [1.165, 1.54) is 10.9 Å². The fraction of sp³-hybridized carbons (Fsp3) is 0.357. The van der Waals surface area contributed by atoms with Crippen LogP contribution in [-0.4, -0.2) is 55.1 Å². The highest BCUT2D eigenvalue weighted by atomic mass is 16.5. The van der Waals surface area contributed by atoms with E-state index in [2.05, 4.69) is 38.1 Å². The normalized spacial score (nSPS) is 11.2.